The Labute approximate surface area is 160 Å². The molecule has 3 heterocycles. The van der Waals surface area contributed by atoms with Gasteiger partial charge in [0.1, 0.15) is 11.4 Å². The molecule has 1 saturated heterocycles. The normalized spacial score (nSPS) is 13.7. The molecule has 0 bridgehead atoms. The third-order valence-electron chi connectivity index (χ3n) is 4.58. The minimum atomic E-state index is -0.491. The van der Waals surface area contributed by atoms with Crippen LogP contribution in [-0.2, 0) is 11.8 Å². The molecule has 9 nitrogen and oxygen atoms in total. The van der Waals surface area contributed by atoms with Crippen molar-refractivity contribution in [1.29, 1.82) is 0 Å². The van der Waals surface area contributed by atoms with E-state index in [2.05, 4.69) is 15.1 Å². The van der Waals surface area contributed by atoms with Gasteiger partial charge in [0.05, 0.1) is 36.0 Å². The molecule has 1 aliphatic rings. The minimum absolute atomic E-state index is 0.126. The molecule has 28 heavy (non-hydrogen) atoms. The number of esters is 1. The summed E-state index contributed by atoms with van der Waals surface area (Å²) in [6.45, 7) is 1.50. The summed E-state index contributed by atoms with van der Waals surface area (Å²) in [6, 6.07) is 3.21. The van der Waals surface area contributed by atoms with Gasteiger partial charge in [-0.25, -0.2) is 14.8 Å². The fraction of sp³-hybridized carbons (Fsp3) is 0.316. The lowest BCUT2D eigenvalue weighted by Gasteiger charge is -2.14. The lowest BCUT2D eigenvalue weighted by Crippen LogP contribution is -2.28. The molecule has 144 valence electrons. The van der Waals surface area contributed by atoms with E-state index in [1.807, 2.05) is 0 Å². The molecule has 0 saturated carbocycles. The van der Waals surface area contributed by atoms with Crippen LogP contribution in [0.5, 0.6) is 11.6 Å². The van der Waals surface area contributed by atoms with Gasteiger partial charge in [-0.1, -0.05) is 0 Å². The van der Waals surface area contributed by atoms with Crippen molar-refractivity contribution in [2.45, 2.75) is 12.8 Å². The maximum atomic E-state index is 12.4. The van der Waals surface area contributed by atoms with Gasteiger partial charge in [-0.2, -0.15) is 5.10 Å². The van der Waals surface area contributed by atoms with Crippen LogP contribution in [-0.4, -0.2) is 56.7 Å². The quantitative estimate of drug-likeness (QED) is 0.639. The zero-order valence-corrected chi connectivity index (χ0v) is 15.6. The van der Waals surface area contributed by atoms with Crippen molar-refractivity contribution in [3.63, 3.8) is 0 Å². The predicted molar refractivity (Wildman–Crippen MR) is 99.3 cm³/mol. The molecule has 0 atom stereocenters. The summed E-state index contributed by atoms with van der Waals surface area (Å²) in [4.78, 5) is 34.5. The predicted octanol–water partition coefficient (Wildman–Crippen LogP) is 2.18. The molecule has 1 aromatic carbocycles. The summed E-state index contributed by atoms with van der Waals surface area (Å²) in [5.41, 5.74) is 1.19. The molecule has 0 radical (unpaired) electrons. The standard InChI is InChI=1S/C19H19N5O4/c1-23-11-13-14(22-23)7-12(19(26)27-2)8-16(13)28-17-10-20-15(9-21-17)18(25)24-5-3-4-6-24/h7-11H,3-6H2,1-2H3. The van der Waals surface area contributed by atoms with Crippen molar-refractivity contribution in [2.24, 2.45) is 7.05 Å². The summed E-state index contributed by atoms with van der Waals surface area (Å²) >= 11 is 0. The lowest BCUT2D eigenvalue weighted by molar-refractivity contribution is 0.0600. The Bertz CT molecular complexity index is 1040. The minimum Gasteiger partial charge on any atom is -0.465 e. The summed E-state index contributed by atoms with van der Waals surface area (Å²) in [5.74, 6) is -0.00186. The van der Waals surface area contributed by atoms with E-state index >= 15 is 0 Å². The van der Waals surface area contributed by atoms with Gasteiger partial charge in [-0.3, -0.25) is 9.48 Å². The first kappa shape index (κ1) is 17.9. The Morgan fingerprint density at radius 3 is 2.57 bits per heavy atom. The number of benzene rings is 1. The number of hydrogen-bond acceptors (Lipinski definition) is 7. The van der Waals surface area contributed by atoms with E-state index in [0.29, 0.717) is 22.2 Å². The molecule has 1 aliphatic heterocycles. The first-order valence-corrected chi connectivity index (χ1v) is 8.90. The molecule has 0 aliphatic carbocycles. The van der Waals surface area contributed by atoms with E-state index < -0.39 is 5.97 Å². The highest BCUT2D eigenvalue weighted by Crippen LogP contribution is 2.30. The number of ether oxygens (including phenoxy) is 2. The van der Waals surface area contributed by atoms with Crippen molar-refractivity contribution < 1.29 is 19.1 Å². The molecular weight excluding hydrogens is 362 g/mol. The second-order valence-corrected chi connectivity index (χ2v) is 6.54. The SMILES string of the molecule is COC(=O)c1cc(Oc2cnc(C(=O)N3CCCC3)cn2)c2cn(C)nc2c1. The van der Waals surface area contributed by atoms with Crippen molar-refractivity contribution in [3.8, 4) is 11.6 Å². The third-order valence-corrected chi connectivity index (χ3v) is 4.58. The number of nitrogens with zero attached hydrogens (tertiary/aromatic N) is 5. The second-order valence-electron chi connectivity index (χ2n) is 6.54. The number of carbonyl (C=O) groups is 2. The maximum Gasteiger partial charge on any atom is 0.338 e. The average Bonchev–Trinajstić information content (AvgIpc) is 3.36. The van der Waals surface area contributed by atoms with Crippen molar-refractivity contribution in [3.05, 3.63) is 42.0 Å². The first-order chi connectivity index (χ1) is 13.5. The number of likely N-dealkylation sites (tertiary alicyclic amines) is 1. The van der Waals surface area contributed by atoms with Crippen LogP contribution in [0.4, 0.5) is 0 Å². The van der Waals surface area contributed by atoms with Crippen LogP contribution in [0, 0.1) is 0 Å². The highest BCUT2D eigenvalue weighted by Gasteiger charge is 2.21. The number of fused-ring (bicyclic) bond motifs is 1. The molecular formula is C19H19N5O4. The molecule has 1 fully saturated rings. The molecule has 2 aromatic heterocycles. The summed E-state index contributed by atoms with van der Waals surface area (Å²) in [6.07, 6.45) is 6.61. The molecule has 3 aromatic rings. The van der Waals surface area contributed by atoms with Gasteiger partial charge < -0.3 is 14.4 Å². The van der Waals surface area contributed by atoms with Crippen LogP contribution in [0.1, 0.15) is 33.7 Å². The summed E-state index contributed by atoms with van der Waals surface area (Å²) in [5, 5.41) is 5.03. The molecule has 0 spiro atoms. The molecule has 9 heteroatoms. The van der Waals surface area contributed by atoms with Crippen molar-refractivity contribution in [2.75, 3.05) is 20.2 Å². The van der Waals surface area contributed by atoms with Crippen molar-refractivity contribution in [1.82, 2.24) is 24.6 Å². The monoisotopic (exact) mass is 381 g/mol. The van der Waals surface area contributed by atoms with E-state index in [4.69, 9.17) is 9.47 Å². The number of aryl methyl sites for hydroxylation is 1. The van der Waals surface area contributed by atoms with Crippen LogP contribution < -0.4 is 4.74 Å². The lowest BCUT2D eigenvalue weighted by atomic mass is 10.1. The van der Waals surface area contributed by atoms with Gasteiger partial charge in [0.15, 0.2) is 0 Å². The number of aromatic nitrogens is 4. The largest absolute Gasteiger partial charge is 0.465 e. The van der Waals surface area contributed by atoms with Crippen LogP contribution in [0.15, 0.2) is 30.7 Å². The van der Waals surface area contributed by atoms with Gasteiger partial charge in [0.2, 0.25) is 5.88 Å². The number of methoxy groups -OCH3 is 1. The highest BCUT2D eigenvalue weighted by atomic mass is 16.5. The Balaban J connectivity index is 1.62. The molecule has 4 rings (SSSR count). The van der Waals surface area contributed by atoms with E-state index in [1.54, 1.807) is 35.0 Å². The summed E-state index contributed by atoms with van der Waals surface area (Å²) < 4.78 is 12.3. The zero-order chi connectivity index (χ0) is 19.7. The van der Waals surface area contributed by atoms with Crippen LogP contribution >= 0.6 is 0 Å². The van der Waals surface area contributed by atoms with E-state index in [0.717, 1.165) is 25.9 Å². The van der Waals surface area contributed by atoms with Gasteiger partial charge in [0.25, 0.3) is 5.91 Å². The molecule has 1 amide bonds. The Kier molecular flexibility index (Phi) is 4.64. The topological polar surface area (TPSA) is 99.4 Å². The smallest absolute Gasteiger partial charge is 0.338 e. The van der Waals surface area contributed by atoms with Crippen LogP contribution in [0.2, 0.25) is 0 Å². The number of amides is 1. The van der Waals surface area contributed by atoms with Crippen LogP contribution in [0.3, 0.4) is 0 Å². The Morgan fingerprint density at radius 2 is 1.89 bits per heavy atom. The van der Waals surface area contributed by atoms with E-state index in [9.17, 15) is 9.59 Å². The van der Waals surface area contributed by atoms with E-state index in [1.165, 1.54) is 19.5 Å². The fourth-order valence-corrected chi connectivity index (χ4v) is 3.20. The maximum absolute atomic E-state index is 12.4. The van der Waals surface area contributed by atoms with Gasteiger partial charge in [-0.15, -0.1) is 0 Å². The number of hydrogen-bond donors (Lipinski definition) is 0. The fourth-order valence-electron chi connectivity index (χ4n) is 3.20. The number of carbonyl (C=O) groups excluding carboxylic acids is 2. The average molecular weight is 381 g/mol. The Hall–Kier alpha value is -3.49. The first-order valence-electron chi connectivity index (χ1n) is 8.90. The summed E-state index contributed by atoms with van der Waals surface area (Å²) in [7, 11) is 3.09. The van der Waals surface area contributed by atoms with Crippen LogP contribution in [0.25, 0.3) is 10.9 Å². The second kappa shape index (κ2) is 7.26. The molecule has 0 unspecified atom stereocenters. The van der Waals surface area contributed by atoms with Gasteiger partial charge in [0, 0.05) is 26.3 Å². The van der Waals surface area contributed by atoms with E-state index in [-0.39, 0.29) is 17.5 Å². The highest BCUT2D eigenvalue weighted by molar-refractivity contribution is 5.97. The van der Waals surface area contributed by atoms with Gasteiger partial charge in [-0.05, 0) is 25.0 Å². The number of rotatable bonds is 4. The third kappa shape index (κ3) is 3.38. The Morgan fingerprint density at radius 1 is 1.11 bits per heavy atom. The van der Waals surface area contributed by atoms with Crippen molar-refractivity contribution >= 4 is 22.8 Å². The zero-order valence-electron chi connectivity index (χ0n) is 15.6. The van der Waals surface area contributed by atoms with Gasteiger partial charge >= 0.3 is 5.97 Å². The molecule has 0 N–H and O–H groups in total.